The Balaban J connectivity index is 1.16. The summed E-state index contributed by atoms with van der Waals surface area (Å²) in [6.07, 6.45) is 3.64. The molecule has 6 aromatic carbocycles. The summed E-state index contributed by atoms with van der Waals surface area (Å²) in [5, 5.41) is 23.2. The summed E-state index contributed by atoms with van der Waals surface area (Å²) in [6.45, 7) is 0. The standard InChI is InChI=1S/C50H36N2O10S/c53-47(61-49(39-15-5-1-6-16-39)40-17-7-2-8-18-40)31-27-37-25-29-45(51(55)56)35-43(37)23-13-33-63(59,60)34-14-24-44-36-46(52(57)58)30-26-38(44)28-32-48(54)62-50(41-19-9-3-10-20-41)42-21-11-4-12-22-42/h1-12,15-22,25-32,35-36,49-50H,33-34H2/b31-27+,32-28+. The Hall–Kier alpha value is -8.39. The van der Waals surface area contributed by atoms with Crippen LogP contribution in [0.25, 0.3) is 12.2 Å². The lowest BCUT2D eigenvalue weighted by molar-refractivity contribution is -0.385. The first kappa shape index (κ1) is 44.2. The first-order chi connectivity index (χ1) is 30.5. The van der Waals surface area contributed by atoms with E-state index in [-0.39, 0.29) is 22.5 Å². The molecule has 0 fully saturated rings. The molecule has 0 bridgehead atoms. The van der Waals surface area contributed by atoms with Crippen molar-refractivity contribution in [3.63, 3.8) is 0 Å². The molecule has 0 saturated heterocycles. The zero-order chi connectivity index (χ0) is 44.6. The average Bonchev–Trinajstić information content (AvgIpc) is 3.30. The number of nitro groups is 2. The number of sulfone groups is 1. The second-order valence-electron chi connectivity index (χ2n) is 13.6. The van der Waals surface area contributed by atoms with Crippen LogP contribution in [0.15, 0.2) is 170 Å². The van der Waals surface area contributed by atoms with Crippen molar-refractivity contribution in [2.45, 2.75) is 12.2 Å². The Kier molecular flexibility index (Phi) is 14.9. The van der Waals surface area contributed by atoms with E-state index in [9.17, 15) is 38.2 Å². The number of rotatable bonds is 14. The third-order valence-corrected chi connectivity index (χ3v) is 10.4. The van der Waals surface area contributed by atoms with Gasteiger partial charge < -0.3 is 9.47 Å². The molecule has 0 N–H and O–H groups in total. The minimum atomic E-state index is -3.98. The fourth-order valence-electron chi connectivity index (χ4n) is 6.15. The van der Waals surface area contributed by atoms with Gasteiger partial charge in [-0.15, -0.1) is 0 Å². The summed E-state index contributed by atoms with van der Waals surface area (Å²) in [7, 11) is -3.98. The molecular weight excluding hydrogens is 821 g/mol. The highest BCUT2D eigenvalue weighted by Crippen LogP contribution is 2.28. The molecule has 12 nitrogen and oxygen atoms in total. The van der Waals surface area contributed by atoms with Crippen LogP contribution in [0.1, 0.15) is 56.7 Å². The highest BCUT2D eigenvalue weighted by atomic mass is 32.2. The SMILES string of the molecule is O=C(/C=C/c1ccc([N+](=O)[O-])cc1C#CCS(=O)(=O)CC#Cc1cc([N+](=O)[O-])ccc1/C=C/C(=O)OC(c1ccccc1)c1ccccc1)OC(c1ccccc1)c1ccccc1. The number of hydrogen-bond donors (Lipinski definition) is 0. The average molecular weight is 857 g/mol. The fraction of sp³-hybridized carbons (Fsp3) is 0.0800. The van der Waals surface area contributed by atoms with Crippen molar-refractivity contribution in [2.24, 2.45) is 0 Å². The number of carbonyl (C=O) groups excluding carboxylic acids is 2. The van der Waals surface area contributed by atoms with E-state index in [1.807, 2.05) is 121 Å². The quantitative estimate of drug-likeness (QED) is 0.0338. The first-order valence-electron chi connectivity index (χ1n) is 19.2. The molecule has 0 aliphatic heterocycles. The van der Waals surface area contributed by atoms with Gasteiger partial charge in [-0.25, -0.2) is 18.0 Å². The van der Waals surface area contributed by atoms with E-state index in [1.54, 1.807) is 0 Å². The topological polar surface area (TPSA) is 173 Å². The van der Waals surface area contributed by atoms with Gasteiger partial charge in [-0.2, -0.15) is 0 Å². The van der Waals surface area contributed by atoms with Crippen LogP contribution in [0, 0.1) is 43.9 Å². The molecule has 6 rings (SSSR count). The van der Waals surface area contributed by atoms with Crippen LogP contribution in [-0.2, 0) is 28.9 Å². The Morgan fingerprint density at radius 2 is 0.841 bits per heavy atom. The molecule has 0 aliphatic carbocycles. The molecule has 0 aromatic heterocycles. The molecule has 6 aromatic rings. The minimum Gasteiger partial charge on any atom is -0.449 e. The number of benzene rings is 6. The van der Waals surface area contributed by atoms with Gasteiger partial charge in [0.15, 0.2) is 22.0 Å². The van der Waals surface area contributed by atoms with E-state index < -0.39 is 55.3 Å². The third kappa shape index (κ3) is 12.8. The third-order valence-electron chi connectivity index (χ3n) is 9.20. The molecule has 0 unspecified atom stereocenters. The van der Waals surface area contributed by atoms with Crippen molar-refractivity contribution in [1.82, 2.24) is 0 Å². The maximum Gasteiger partial charge on any atom is 0.331 e. The lowest BCUT2D eigenvalue weighted by atomic mass is 10.0. The van der Waals surface area contributed by atoms with Crippen molar-refractivity contribution in [3.8, 4) is 23.7 Å². The van der Waals surface area contributed by atoms with Gasteiger partial charge in [0, 0.05) is 47.5 Å². The molecular formula is C50H36N2O10S. The van der Waals surface area contributed by atoms with Crippen molar-refractivity contribution >= 4 is 45.3 Å². The van der Waals surface area contributed by atoms with Crippen molar-refractivity contribution < 1.29 is 37.3 Å². The number of esters is 2. The molecule has 0 amide bonds. The highest BCUT2D eigenvalue weighted by molar-refractivity contribution is 7.91. The van der Waals surface area contributed by atoms with E-state index in [0.717, 1.165) is 46.5 Å². The van der Waals surface area contributed by atoms with E-state index in [0.29, 0.717) is 11.1 Å². The molecule has 0 atom stereocenters. The van der Waals surface area contributed by atoms with Gasteiger partial charge in [0.05, 0.1) is 9.85 Å². The van der Waals surface area contributed by atoms with Gasteiger partial charge in [-0.3, -0.25) is 20.2 Å². The molecule has 0 saturated carbocycles. The minimum absolute atomic E-state index is 0.0858. The second-order valence-corrected chi connectivity index (χ2v) is 15.7. The van der Waals surface area contributed by atoms with Crippen LogP contribution in [0.3, 0.4) is 0 Å². The van der Waals surface area contributed by atoms with Crippen LogP contribution >= 0.6 is 0 Å². The zero-order valence-corrected chi connectivity index (χ0v) is 34.1. The predicted molar refractivity (Wildman–Crippen MR) is 238 cm³/mol. The molecule has 13 heteroatoms. The molecule has 0 radical (unpaired) electrons. The van der Waals surface area contributed by atoms with E-state index in [4.69, 9.17) is 9.47 Å². The Bertz CT molecular complexity index is 2640. The fourth-order valence-corrected chi connectivity index (χ4v) is 6.84. The van der Waals surface area contributed by atoms with Crippen molar-refractivity contribution in [1.29, 1.82) is 0 Å². The molecule has 312 valence electrons. The van der Waals surface area contributed by atoms with Crippen LogP contribution in [0.2, 0.25) is 0 Å². The van der Waals surface area contributed by atoms with Crippen LogP contribution < -0.4 is 0 Å². The van der Waals surface area contributed by atoms with Gasteiger partial charge in [0.2, 0.25) is 0 Å². The summed E-state index contributed by atoms with van der Waals surface area (Å²) in [6, 6.07) is 44.2. The number of hydrogen-bond acceptors (Lipinski definition) is 10. The summed E-state index contributed by atoms with van der Waals surface area (Å²) in [4.78, 5) is 48.1. The Morgan fingerprint density at radius 3 is 1.14 bits per heavy atom. The summed E-state index contributed by atoms with van der Waals surface area (Å²) in [5.74, 6) is 7.62. The number of carbonyl (C=O) groups is 2. The lowest BCUT2D eigenvalue weighted by Crippen LogP contribution is -2.10. The van der Waals surface area contributed by atoms with Crippen molar-refractivity contribution in [2.75, 3.05) is 11.5 Å². The number of ether oxygens (including phenoxy) is 2. The van der Waals surface area contributed by atoms with Crippen molar-refractivity contribution in [3.05, 3.63) is 235 Å². The highest BCUT2D eigenvalue weighted by Gasteiger charge is 2.20. The van der Waals surface area contributed by atoms with Gasteiger partial charge >= 0.3 is 11.9 Å². The number of non-ortho nitro benzene ring substituents is 2. The molecule has 0 spiro atoms. The predicted octanol–water partition coefficient (Wildman–Crippen LogP) is 9.01. The van der Waals surface area contributed by atoms with Crippen LogP contribution in [0.5, 0.6) is 0 Å². The number of nitrogens with zero attached hydrogens (tertiary/aromatic N) is 2. The van der Waals surface area contributed by atoms with Gasteiger partial charge in [-0.05, 0) is 57.7 Å². The summed E-state index contributed by atoms with van der Waals surface area (Å²) in [5.41, 5.74) is 3.14. The summed E-state index contributed by atoms with van der Waals surface area (Å²) < 4.78 is 37.8. The number of nitro benzene ring substituents is 2. The summed E-state index contributed by atoms with van der Waals surface area (Å²) >= 11 is 0. The zero-order valence-electron chi connectivity index (χ0n) is 33.3. The Labute approximate surface area is 363 Å². The lowest BCUT2D eigenvalue weighted by Gasteiger charge is -2.18. The Morgan fingerprint density at radius 1 is 0.524 bits per heavy atom. The van der Waals surface area contributed by atoms with Crippen LogP contribution in [0.4, 0.5) is 11.4 Å². The first-order valence-corrected chi connectivity index (χ1v) is 21.0. The molecule has 0 heterocycles. The van der Waals surface area contributed by atoms with Gasteiger partial charge in [-0.1, -0.05) is 145 Å². The molecule has 0 aliphatic rings. The monoisotopic (exact) mass is 856 g/mol. The largest absolute Gasteiger partial charge is 0.449 e. The molecule has 63 heavy (non-hydrogen) atoms. The normalized spacial score (nSPS) is 11.1. The van der Waals surface area contributed by atoms with E-state index >= 15 is 0 Å². The van der Waals surface area contributed by atoms with Crippen LogP contribution in [-0.4, -0.2) is 41.7 Å². The van der Waals surface area contributed by atoms with Gasteiger partial charge in [0.1, 0.15) is 11.5 Å². The van der Waals surface area contributed by atoms with E-state index in [2.05, 4.69) is 23.7 Å². The maximum atomic E-state index is 13.1. The van der Waals surface area contributed by atoms with E-state index in [1.165, 1.54) is 36.4 Å². The van der Waals surface area contributed by atoms with Gasteiger partial charge in [0.25, 0.3) is 11.4 Å². The second kappa shape index (κ2) is 21.2. The maximum absolute atomic E-state index is 13.1. The smallest absolute Gasteiger partial charge is 0.331 e.